The van der Waals surface area contributed by atoms with Gasteiger partial charge in [0.1, 0.15) is 17.3 Å². The minimum Gasteiger partial charge on any atom is -0.444 e. The maximum Gasteiger partial charge on any atom is 0.410 e. The average Bonchev–Trinajstić information content (AvgIpc) is 3.42. The number of fused-ring (bicyclic) bond motifs is 2. The van der Waals surface area contributed by atoms with Crippen LogP contribution in [0.1, 0.15) is 65.9 Å². The molecule has 0 aliphatic carbocycles. The van der Waals surface area contributed by atoms with Gasteiger partial charge in [0.2, 0.25) is 11.8 Å². The van der Waals surface area contributed by atoms with Gasteiger partial charge in [-0.1, -0.05) is 0 Å². The van der Waals surface area contributed by atoms with Gasteiger partial charge in [0, 0.05) is 55.1 Å². The number of piperidine rings is 1. The molecule has 5 amide bonds. The standard InChI is InChI=1S/C29H30N6O6/c1-29(2,3)41-28(40)33-14-20(15-33)34-9-8-16-10-17(12-30-24(16)34)25(37)31-19-4-5-21-18(11-19)13-35(27(21)39)22-6-7-23(36)32-26(22)38/h4-5,8-12,20,22H,6-7,13-15H2,1-3H3,(H,31,37)(H,32,36,38). The van der Waals surface area contributed by atoms with Gasteiger partial charge < -0.3 is 24.4 Å². The van der Waals surface area contributed by atoms with Crippen LogP contribution in [0.2, 0.25) is 0 Å². The fourth-order valence-corrected chi connectivity index (χ4v) is 5.43. The van der Waals surface area contributed by atoms with Gasteiger partial charge in [-0.3, -0.25) is 24.5 Å². The van der Waals surface area contributed by atoms with Crippen molar-refractivity contribution >= 4 is 46.4 Å². The van der Waals surface area contributed by atoms with Crippen LogP contribution in [0.15, 0.2) is 42.7 Å². The third-order valence-electron chi connectivity index (χ3n) is 7.51. The fraction of sp³-hybridized carbons (Fsp3) is 0.379. The quantitative estimate of drug-likeness (QED) is 0.469. The second-order valence-electron chi connectivity index (χ2n) is 11.6. The maximum atomic E-state index is 13.1. The van der Waals surface area contributed by atoms with Gasteiger partial charge in [-0.2, -0.15) is 0 Å². The first-order chi connectivity index (χ1) is 19.5. The number of ether oxygens (including phenoxy) is 1. The zero-order valence-electron chi connectivity index (χ0n) is 23.0. The molecule has 41 heavy (non-hydrogen) atoms. The summed E-state index contributed by atoms with van der Waals surface area (Å²) in [5, 5.41) is 5.96. The third-order valence-corrected chi connectivity index (χ3v) is 7.51. The van der Waals surface area contributed by atoms with Crippen LogP contribution in [0.3, 0.4) is 0 Å². The Bertz CT molecular complexity index is 1620. The lowest BCUT2D eigenvalue weighted by Gasteiger charge is -2.40. The van der Waals surface area contributed by atoms with Gasteiger partial charge in [0.25, 0.3) is 11.8 Å². The van der Waals surface area contributed by atoms with Crippen molar-refractivity contribution in [3.05, 3.63) is 59.4 Å². The molecule has 12 nitrogen and oxygen atoms in total. The fourth-order valence-electron chi connectivity index (χ4n) is 5.43. The molecule has 6 rings (SSSR count). The summed E-state index contributed by atoms with van der Waals surface area (Å²) < 4.78 is 7.43. The van der Waals surface area contributed by atoms with Crippen molar-refractivity contribution in [2.45, 2.75) is 57.8 Å². The number of anilines is 1. The number of benzene rings is 1. The van der Waals surface area contributed by atoms with Gasteiger partial charge >= 0.3 is 6.09 Å². The highest BCUT2D eigenvalue weighted by molar-refractivity contribution is 6.07. The van der Waals surface area contributed by atoms with Crippen molar-refractivity contribution in [2.75, 3.05) is 18.4 Å². The average molecular weight is 559 g/mol. The molecule has 1 aromatic carbocycles. The number of nitrogens with zero attached hydrogens (tertiary/aromatic N) is 4. The molecule has 2 saturated heterocycles. The van der Waals surface area contributed by atoms with Crippen molar-refractivity contribution in [1.82, 2.24) is 24.7 Å². The molecule has 2 fully saturated rings. The Morgan fingerprint density at radius 2 is 1.88 bits per heavy atom. The number of amides is 5. The third kappa shape index (κ3) is 5.01. The van der Waals surface area contributed by atoms with E-state index in [4.69, 9.17) is 4.74 Å². The Morgan fingerprint density at radius 3 is 2.61 bits per heavy atom. The van der Waals surface area contributed by atoms with Crippen LogP contribution >= 0.6 is 0 Å². The van der Waals surface area contributed by atoms with Crippen molar-refractivity contribution in [3.8, 4) is 0 Å². The number of aromatic nitrogens is 2. The molecule has 2 aromatic heterocycles. The number of likely N-dealkylation sites (tertiary alicyclic amines) is 1. The molecule has 3 aliphatic heterocycles. The van der Waals surface area contributed by atoms with Crippen molar-refractivity contribution in [2.24, 2.45) is 0 Å². The number of pyridine rings is 1. The first kappa shape index (κ1) is 26.5. The molecule has 12 heteroatoms. The molecular weight excluding hydrogens is 528 g/mol. The number of hydrogen-bond acceptors (Lipinski definition) is 7. The highest BCUT2D eigenvalue weighted by Gasteiger charge is 2.39. The highest BCUT2D eigenvalue weighted by atomic mass is 16.6. The summed E-state index contributed by atoms with van der Waals surface area (Å²) >= 11 is 0. The lowest BCUT2D eigenvalue weighted by molar-refractivity contribution is -0.136. The van der Waals surface area contributed by atoms with Crippen molar-refractivity contribution < 1.29 is 28.7 Å². The highest BCUT2D eigenvalue weighted by Crippen LogP contribution is 2.30. The molecule has 212 valence electrons. The van der Waals surface area contributed by atoms with E-state index >= 15 is 0 Å². The van der Waals surface area contributed by atoms with Gasteiger partial charge in [0.15, 0.2) is 0 Å². The Balaban J connectivity index is 1.11. The van der Waals surface area contributed by atoms with Crippen LogP contribution in [0, 0.1) is 0 Å². The molecule has 3 aliphatic rings. The van der Waals surface area contributed by atoms with E-state index in [0.717, 1.165) is 11.0 Å². The van der Waals surface area contributed by atoms with E-state index in [-0.39, 0.29) is 49.2 Å². The lowest BCUT2D eigenvalue weighted by Crippen LogP contribution is -2.52. The van der Waals surface area contributed by atoms with E-state index in [9.17, 15) is 24.0 Å². The van der Waals surface area contributed by atoms with E-state index in [2.05, 4.69) is 15.6 Å². The van der Waals surface area contributed by atoms with Crippen LogP contribution in [0.5, 0.6) is 0 Å². The van der Waals surface area contributed by atoms with Crippen LogP contribution in [-0.2, 0) is 20.9 Å². The van der Waals surface area contributed by atoms with E-state index in [1.54, 1.807) is 29.2 Å². The Morgan fingerprint density at radius 1 is 1.10 bits per heavy atom. The molecule has 0 saturated carbocycles. The number of imide groups is 1. The van der Waals surface area contributed by atoms with E-state index in [1.165, 1.54) is 11.1 Å². The predicted molar refractivity (Wildman–Crippen MR) is 147 cm³/mol. The number of carbonyl (C=O) groups excluding carboxylic acids is 5. The summed E-state index contributed by atoms with van der Waals surface area (Å²) in [5.41, 5.74) is 2.23. The number of rotatable bonds is 4. The number of hydrogen-bond donors (Lipinski definition) is 2. The molecule has 1 atom stereocenters. The minimum absolute atomic E-state index is 0.0704. The second kappa shape index (κ2) is 9.72. The second-order valence-corrected chi connectivity index (χ2v) is 11.6. The van der Waals surface area contributed by atoms with Gasteiger partial charge in [-0.15, -0.1) is 0 Å². The van der Waals surface area contributed by atoms with Crippen LogP contribution in [0.25, 0.3) is 11.0 Å². The molecule has 1 unspecified atom stereocenters. The van der Waals surface area contributed by atoms with E-state index in [1.807, 2.05) is 37.6 Å². The first-order valence-corrected chi connectivity index (χ1v) is 13.5. The Labute approximate surface area is 235 Å². The molecule has 3 aromatic rings. The van der Waals surface area contributed by atoms with E-state index < -0.39 is 17.6 Å². The summed E-state index contributed by atoms with van der Waals surface area (Å²) in [7, 11) is 0. The SMILES string of the molecule is CC(C)(C)OC(=O)N1CC(n2ccc3cc(C(=O)Nc4ccc5c(c4)CN(C4CCC(=O)NC4=O)C5=O)cnc32)C1. The Kier molecular flexibility index (Phi) is 6.28. The molecule has 2 N–H and O–H groups in total. The summed E-state index contributed by atoms with van der Waals surface area (Å²) in [6.07, 6.45) is 3.55. The van der Waals surface area contributed by atoms with E-state index in [0.29, 0.717) is 35.5 Å². The molecule has 5 heterocycles. The van der Waals surface area contributed by atoms with Crippen molar-refractivity contribution in [1.29, 1.82) is 0 Å². The molecule has 0 bridgehead atoms. The minimum atomic E-state index is -0.698. The largest absolute Gasteiger partial charge is 0.444 e. The summed E-state index contributed by atoms with van der Waals surface area (Å²) in [6, 6.07) is 8.04. The smallest absolute Gasteiger partial charge is 0.410 e. The van der Waals surface area contributed by atoms with Gasteiger partial charge in [0.05, 0.1) is 11.6 Å². The summed E-state index contributed by atoms with van der Waals surface area (Å²) in [5.74, 6) is -1.42. The van der Waals surface area contributed by atoms with Crippen LogP contribution in [-0.4, -0.2) is 73.8 Å². The Hall–Kier alpha value is -4.74. The number of nitrogens with one attached hydrogen (secondary N) is 2. The molecule has 0 spiro atoms. The molecular formula is C29H30N6O6. The normalized spacial score (nSPS) is 19.2. The van der Waals surface area contributed by atoms with Crippen LogP contribution in [0.4, 0.5) is 10.5 Å². The lowest BCUT2D eigenvalue weighted by atomic mass is 10.0. The van der Waals surface area contributed by atoms with Gasteiger partial charge in [-0.05, 0) is 63.1 Å². The topological polar surface area (TPSA) is 143 Å². The van der Waals surface area contributed by atoms with Crippen molar-refractivity contribution in [3.63, 3.8) is 0 Å². The molecule has 0 radical (unpaired) electrons. The zero-order valence-corrected chi connectivity index (χ0v) is 23.0. The number of carbonyl (C=O) groups is 5. The maximum absolute atomic E-state index is 13.1. The summed E-state index contributed by atoms with van der Waals surface area (Å²) in [4.78, 5) is 69.7. The predicted octanol–water partition coefficient (Wildman–Crippen LogP) is 2.84. The summed E-state index contributed by atoms with van der Waals surface area (Å²) in [6.45, 7) is 6.76. The van der Waals surface area contributed by atoms with Gasteiger partial charge in [-0.25, -0.2) is 9.78 Å². The van der Waals surface area contributed by atoms with Crippen LogP contribution < -0.4 is 10.6 Å². The monoisotopic (exact) mass is 558 g/mol. The first-order valence-electron chi connectivity index (χ1n) is 13.5. The zero-order chi connectivity index (χ0) is 29.1.